The Morgan fingerprint density at radius 2 is 2.00 bits per heavy atom. The van der Waals surface area contributed by atoms with E-state index < -0.39 is 0 Å². The van der Waals surface area contributed by atoms with E-state index in [9.17, 15) is 4.79 Å². The molecule has 1 aromatic heterocycles. The largest absolute Gasteiger partial charge is 0.493 e. The molecule has 2 aromatic rings. The number of hydrogen-bond acceptors (Lipinski definition) is 6. The van der Waals surface area contributed by atoms with Crippen LogP contribution in [0.25, 0.3) is 0 Å². The minimum absolute atomic E-state index is 0.162. The van der Waals surface area contributed by atoms with Gasteiger partial charge in [-0.1, -0.05) is 5.16 Å². The quantitative estimate of drug-likeness (QED) is 0.880. The van der Waals surface area contributed by atoms with Gasteiger partial charge in [0.15, 0.2) is 11.5 Å². The topological polar surface area (TPSA) is 76.8 Å². The van der Waals surface area contributed by atoms with Gasteiger partial charge >= 0.3 is 0 Å². The van der Waals surface area contributed by atoms with Crippen LogP contribution in [-0.4, -0.2) is 38.9 Å². The Labute approximate surface area is 128 Å². The van der Waals surface area contributed by atoms with Crippen molar-refractivity contribution in [1.29, 1.82) is 0 Å². The molecule has 1 amide bonds. The van der Waals surface area contributed by atoms with Crippen LogP contribution in [-0.2, 0) is 4.79 Å². The van der Waals surface area contributed by atoms with Crippen LogP contribution in [0.2, 0.25) is 0 Å². The fourth-order valence-corrected chi connectivity index (χ4v) is 1.97. The van der Waals surface area contributed by atoms with Crippen molar-refractivity contribution in [3.05, 3.63) is 30.0 Å². The zero-order valence-electron chi connectivity index (χ0n) is 13.0. The average Bonchev–Trinajstić information content (AvgIpc) is 2.91. The van der Waals surface area contributed by atoms with E-state index in [-0.39, 0.29) is 12.5 Å². The number of aromatic nitrogens is 1. The average molecular weight is 305 g/mol. The van der Waals surface area contributed by atoms with E-state index >= 15 is 0 Å². The van der Waals surface area contributed by atoms with Gasteiger partial charge in [-0.3, -0.25) is 10.1 Å². The fraction of sp³-hybridized carbons (Fsp3) is 0.333. The number of carbonyl (C=O) groups excluding carboxylic acids is 1. The van der Waals surface area contributed by atoms with Crippen LogP contribution >= 0.6 is 0 Å². The number of aryl methyl sites for hydroxylation is 1. The number of benzene rings is 1. The summed E-state index contributed by atoms with van der Waals surface area (Å²) in [6, 6.07) is 7.12. The zero-order valence-corrected chi connectivity index (χ0v) is 13.0. The van der Waals surface area contributed by atoms with Crippen LogP contribution in [0.5, 0.6) is 11.5 Å². The first-order valence-electron chi connectivity index (χ1n) is 6.70. The summed E-state index contributed by atoms with van der Waals surface area (Å²) >= 11 is 0. The number of anilines is 2. The predicted molar refractivity (Wildman–Crippen MR) is 82.7 cm³/mol. The van der Waals surface area contributed by atoms with Crippen LogP contribution in [0.1, 0.15) is 5.69 Å². The van der Waals surface area contributed by atoms with Gasteiger partial charge in [-0.05, 0) is 19.1 Å². The highest BCUT2D eigenvalue weighted by Crippen LogP contribution is 2.31. The number of ether oxygens (including phenoxy) is 2. The molecule has 22 heavy (non-hydrogen) atoms. The van der Waals surface area contributed by atoms with Crippen molar-refractivity contribution >= 4 is 17.5 Å². The molecular weight excluding hydrogens is 286 g/mol. The molecule has 0 fully saturated rings. The molecule has 0 saturated carbocycles. The summed E-state index contributed by atoms with van der Waals surface area (Å²) in [6.07, 6.45) is 0. The Hall–Kier alpha value is -2.70. The molecule has 0 aliphatic heterocycles. The Balaban J connectivity index is 2.02. The molecular formula is C15H19N3O4. The van der Waals surface area contributed by atoms with Crippen LogP contribution < -0.4 is 19.7 Å². The number of amides is 1. The molecule has 0 aliphatic carbocycles. The molecule has 0 bridgehead atoms. The maximum Gasteiger partial charge on any atom is 0.246 e. The second kappa shape index (κ2) is 6.84. The molecule has 0 unspecified atom stereocenters. The number of nitrogens with zero attached hydrogens (tertiary/aromatic N) is 2. The van der Waals surface area contributed by atoms with Crippen molar-refractivity contribution in [1.82, 2.24) is 5.16 Å². The number of methoxy groups -OCH3 is 2. The van der Waals surface area contributed by atoms with Crippen molar-refractivity contribution in [3.8, 4) is 11.5 Å². The van der Waals surface area contributed by atoms with Gasteiger partial charge in [0.2, 0.25) is 11.8 Å². The fourth-order valence-electron chi connectivity index (χ4n) is 1.97. The van der Waals surface area contributed by atoms with Crippen LogP contribution in [0.15, 0.2) is 28.8 Å². The maximum atomic E-state index is 12.0. The van der Waals surface area contributed by atoms with Crippen molar-refractivity contribution < 1.29 is 18.8 Å². The molecule has 1 N–H and O–H groups in total. The smallest absolute Gasteiger partial charge is 0.246 e. The first-order valence-corrected chi connectivity index (χ1v) is 6.70. The van der Waals surface area contributed by atoms with Crippen LogP contribution in [0, 0.1) is 6.92 Å². The van der Waals surface area contributed by atoms with Gasteiger partial charge < -0.3 is 18.9 Å². The third kappa shape index (κ3) is 3.69. The Morgan fingerprint density at radius 1 is 1.27 bits per heavy atom. The van der Waals surface area contributed by atoms with E-state index in [1.807, 2.05) is 19.2 Å². The predicted octanol–water partition coefficient (Wildman–Crippen LogP) is 2.08. The Kier molecular flexibility index (Phi) is 4.88. The van der Waals surface area contributed by atoms with E-state index in [4.69, 9.17) is 14.0 Å². The second-order valence-corrected chi connectivity index (χ2v) is 4.78. The number of hydrogen-bond donors (Lipinski definition) is 1. The first kappa shape index (κ1) is 15.7. The summed E-state index contributed by atoms with van der Waals surface area (Å²) < 4.78 is 15.4. The lowest BCUT2D eigenvalue weighted by Gasteiger charge is -2.19. The van der Waals surface area contributed by atoms with E-state index in [0.29, 0.717) is 23.1 Å². The molecule has 0 spiro atoms. The molecule has 0 saturated heterocycles. The van der Waals surface area contributed by atoms with Crippen molar-refractivity contribution in [2.45, 2.75) is 6.92 Å². The van der Waals surface area contributed by atoms with E-state index in [2.05, 4.69) is 10.5 Å². The second-order valence-electron chi connectivity index (χ2n) is 4.78. The monoisotopic (exact) mass is 305 g/mol. The number of rotatable bonds is 6. The van der Waals surface area contributed by atoms with Gasteiger partial charge in [0.1, 0.15) is 0 Å². The van der Waals surface area contributed by atoms with Gasteiger partial charge in [-0.25, -0.2) is 0 Å². The normalized spacial score (nSPS) is 10.2. The summed E-state index contributed by atoms with van der Waals surface area (Å²) in [5.74, 6) is 1.39. The summed E-state index contributed by atoms with van der Waals surface area (Å²) in [5, 5.41) is 6.36. The minimum atomic E-state index is -0.201. The number of nitrogens with one attached hydrogen (secondary N) is 1. The van der Waals surface area contributed by atoms with Crippen molar-refractivity contribution in [3.63, 3.8) is 0 Å². The third-order valence-electron chi connectivity index (χ3n) is 3.08. The molecule has 118 valence electrons. The first-order chi connectivity index (χ1) is 10.5. The van der Waals surface area contributed by atoms with E-state index in [1.165, 1.54) is 0 Å². The molecule has 2 rings (SSSR count). The van der Waals surface area contributed by atoms with Gasteiger partial charge in [0, 0.05) is 24.9 Å². The van der Waals surface area contributed by atoms with Crippen molar-refractivity contribution in [2.75, 3.05) is 38.0 Å². The highest BCUT2D eigenvalue weighted by atomic mass is 16.5. The summed E-state index contributed by atoms with van der Waals surface area (Å²) in [5.41, 5.74) is 1.55. The number of likely N-dealkylation sites (N-methyl/N-ethyl adjacent to an activating group) is 1. The van der Waals surface area contributed by atoms with E-state index in [1.54, 1.807) is 38.2 Å². The van der Waals surface area contributed by atoms with Crippen LogP contribution in [0.4, 0.5) is 11.6 Å². The van der Waals surface area contributed by atoms with Crippen LogP contribution in [0.3, 0.4) is 0 Å². The molecule has 7 heteroatoms. The molecule has 1 heterocycles. The van der Waals surface area contributed by atoms with Gasteiger partial charge in [-0.2, -0.15) is 0 Å². The molecule has 1 aromatic carbocycles. The standard InChI is InChI=1S/C15H19N3O4/c1-10-7-15(22-17-10)16-14(19)9-18(2)11-5-6-12(20-3)13(8-11)21-4/h5-8H,9H2,1-4H3,(H,16,19). The highest BCUT2D eigenvalue weighted by Gasteiger charge is 2.12. The summed E-state index contributed by atoms with van der Waals surface area (Å²) in [4.78, 5) is 13.8. The van der Waals surface area contributed by atoms with Gasteiger partial charge in [0.25, 0.3) is 0 Å². The lowest BCUT2D eigenvalue weighted by atomic mass is 10.2. The van der Waals surface area contributed by atoms with E-state index in [0.717, 1.165) is 5.69 Å². The molecule has 0 aliphatic rings. The van der Waals surface area contributed by atoms with Gasteiger partial charge in [-0.15, -0.1) is 0 Å². The lowest BCUT2D eigenvalue weighted by Crippen LogP contribution is -2.29. The lowest BCUT2D eigenvalue weighted by molar-refractivity contribution is -0.115. The molecule has 7 nitrogen and oxygen atoms in total. The Morgan fingerprint density at radius 3 is 2.59 bits per heavy atom. The third-order valence-corrected chi connectivity index (χ3v) is 3.08. The highest BCUT2D eigenvalue weighted by molar-refractivity contribution is 5.92. The Bertz CT molecular complexity index is 654. The minimum Gasteiger partial charge on any atom is -0.493 e. The molecule has 0 atom stereocenters. The number of carbonyl (C=O) groups is 1. The van der Waals surface area contributed by atoms with Crippen molar-refractivity contribution in [2.24, 2.45) is 0 Å². The van der Waals surface area contributed by atoms with Gasteiger partial charge in [0.05, 0.1) is 26.5 Å². The molecule has 0 radical (unpaired) electrons. The zero-order chi connectivity index (χ0) is 16.1. The summed E-state index contributed by atoms with van der Waals surface area (Å²) in [6.45, 7) is 1.95. The maximum absolute atomic E-state index is 12.0. The summed E-state index contributed by atoms with van der Waals surface area (Å²) in [7, 11) is 4.96. The SMILES string of the molecule is COc1ccc(N(C)CC(=O)Nc2cc(C)no2)cc1OC.